The van der Waals surface area contributed by atoms with Crippen LogP contribution in [0.4, 0.5) is 5.95 Å². The van der Waals surface area contributed by atoms with Crippen LogP contribution in [-0.2, 0) is 6.42 Å². The summed E-state index contributed by atoms with van der Waals surface area (Å²) in [7, 11) is 2.20. The largest absolute Gasteiger partial charge is 0.332 e. The van der Waals surface area contributed by atoms with Gasteiger partial charge < -0.3 is 9.80 Å². The molecule has 0 spiro atoms. The first kappa shape index (κ1) is 19.9. The average molecular weight is 378 g/mol. The minimum absolute atomic E-state index is 0.591. The molecule has 2 unspecified atom stereocenters. The van der Waals surface area contributed by atoms with E-state index in [-0.39, 0.29) is 0 Å². The van der Waals surface area contributed by atoms with E-state index in [9.17, 15) is 0 Å². The standard InChI is InChI=1S/C20H35N5S/c1-4-23(2)12-8-6-5-7-9-17-13-21-20(22-14-17)25-18-10-11-19(25)16-24(15-18)26-3/h13-14,18-19H,4-12,15-16H2,1-3H3. The molecule has 3 heterocycles. The minimum Gasteiger partial charge on any atom is -0.332 e. The van der Waals surface area contributed by atoms with Gasteiger partial charge in [-0.15, -0.1) is 0 Å². The van der Waals surface area contributed by atoms with Crippen molar-refractivity contribution in [2.24, 2.45) is 0 Å². The molecule has 1 aromatic rings. The van der Waals surface area contributed by atoms with Gasteiger partial charge in [-0.1, -0.05) is 31.7 Å². The molecule has 3 rings (SSSR count). The Morgan fingerprint density at radius 1 is 1.08 bits per heavy atom. The number of hydrogen-bond acceptors (Lipinski definition) is 6. The van der Waals surface area contributed by atoms with Crippen LogP contribution < -0.4 is 4.90 Å². The van der Waals surface area contributed by atoms with E-state index in [1.165, 1.54) is 50.6 Å². The lowest BCUT2D eigenvalue weighted by Gasteiger charge is -2.39. The van der Waals surface area contributed by atoms with E-state index in [4.69, 9.17) is 9.97 Å². The molecular weight excluding hydrogens is 342 g/mol. The third-order valence-corrected chi connectivity index (χ3v) is 6.74. The fourth-order valence-corrected chi connectivity index (χ4v) is 4.82. The van der Waals surface area contributed by atoms with E-state index in [1.807, 2.05) is 11.9 Å². The summed E-state index contributed by atoms with van der Waals surface area (Å²) in [6.45, 7) is 6.86. The summed E-state index contributed by atoms with van der Waals surface area (Å²) in [6.07, 6.45) is 15.2. The highest BCUT2D eigenvalue weighted by Crippen LogP contribution is 2.34. The van der Waals surface area contributed by atoms with Gasteiger partial charge in [-0.3, -0.25) is 0 Å². The molecule has 5 nitrogen and oxygen atoms in total. The number of piperazine rings is 1. The van der Waals surface area contributed by atoms with Crippen LogP contribution in [0, 0.1) is 0 Å². The van der Waals surface area contributed by atoms with Gasteiger partial charge in [-0.05, 0) is 64.1 Å². The molecular formula is C20H35N5S. The molecule has 6 heteroatoms. The zero-order valence-electron chi connectivity index (χ0n) is 16.7. The molecule has 2 aliphatic rings. The molecule has 2 atom stereocenters. The second-order valence-electron chi connectivity index (χ2n) is 7.77. The Bertz CT molecular complexity index is 524. The van der Waals surface area contributed by atoms with E-state index in [0.29, 0.717) is 12.1 Å². The van der Waals surface area contributed by atoms with Crippen molar-refractivity contribution in [1.82, 2.24) is 19.2 Å². The van der Waals surface area contributed by atoms with Crippen LogP contribution >= 0.6 is 11.9 Å². The fraction of sp³-hybridized carbons (Fsp3) is 0.800. The van der Waals surface area contributed by atoms with Crippen molar-refractivity contribution in [2.75, 3.05) is 44.4 Å². The monoisotopic (exact) mass is 377 g/mol. The van der Waals surface area contributed by atoms with E-state index < -0.39 is 0 Å². The van der Waals surface area contributed by atoms with Crippen molar-refractivity contribution in [3.63, 3.8) is 0 Å². The molecule has 2 saturated heterocycles. The van der Waals surface area contributed by atoms with Crippen molar-refractivity contribution in [2.45, 2.75) is 64.0 Å². The molecule has 0 saturated carbocycles. The van der Waals surface area contributed by atoms with Crippen LogP contribution in [-0.4, -0.2) is 70.7 Å². The molecule has 2 bridgehead atoms. The van der Waals surface area contributed by atoms with E-state index >= 15 is 0 Å². The summed E-state index contributed by atoms with van der Waals surface area (Å²) in [5.74, 6) is 0.949. The molecule has 0 amide bonds. The van der Waals surface area contributed by atoms with Gasteiger partial charge in [0.1, 0.15) is 0 Å². The fourth-order valence-electron chi connectivity index (χ4n) is 4.17. The van der Waals surface area contributed by atoms with Gasteiger partial charge in [0.25, 0.3) is 0 Å². The second-order valence-corrected chi connectivity index (χ2v) is 8.65. The Labute approximate surface area is 163 Å². The van der Waals surface area contributed by atoms with E-state index in [0.717, 1.165) is 32.0 Å². The lowest BCUT2D eigenvalue weighted by Crippen LogP contribution is -2.52. The van der Waals surface area contributed by atoms with Crippen LogP contribution in [0.1, 0.15) is 51.0 Å². The van der Waals surface area contributed by atoms with Crippen LogP contribution in [0.3, 0.4) is 0 Å². The minimum atomic E-state index is 0.591. The van der Waals surface area contributed by atoms with Crippen LogP contribution in [0.15, 0.2) is 12.4 Å². The van der Waals surface area contributed by atoms with Crippen LogP contribution in [0.2, 0.25) is 0 Å². The Kier molecular flexibility index (Phi) is 7.58. The van der Waals surface area contributed by atoms with Crippen molar-refractivity contribution in [3.8, 4) is 0 Å². The molecule has 2 aliphatic heterocycles. The number of aromatic nitrogens is 2. The number of anilines is 1. The van der Waals surface area contributed by atoms with Gasteiger partial charge in [0, 0.05) is 37.6 Å². The number of hydrogen-bond donors (Lipinski definition) is 0. The number of unbranched alkanes of at least 4 members (excludes halogenated alkanes) is 3. The number of fused-ring (bicyclic) bond motifs is 2. The smallest absolute Gasteiger partial charge is 0.225 e. The summed E-state index contributed by atoms with van der Waals surface area (Å²) >= 11 is 1.87. The maximum atomic E-state index is 4.73. The summed E-state index contributed by atoms with van der Waals surface area (Å²) in [4.78, 5) is 14.3. The van der Waals surface area contributed by atoms with Crippen molar-refractivity contribution in [3.05, 3.63) is 18.0 Å². The van der Waals surface area contributed by atoms with Crippen molar-refractivity contribution < 1.29 is 0 Å². The maximum absolute atomic E-state index is 4.73. The van der Waals surface area contributed by atoms with Gasteiger partial charge in [0.2, 0.25) is 5.95 Å². The third-order valence-electron chi connectivity index (χ3n) is 5.92. The summed E-state index contributed by atoms with van der Waals surface area (Å²) in [5.41, 5.74) is 1.29. The van der Waals surface area contributed by atoms with Gasteiger partial charge in [-0.2, -0.15) is 0 Å². The van der Waals surface area contributed by atoms with Gasteiger partial charge in [0.05, 0.1) is 0 Å². The van der Waals surface area contributed by atoms with Crippen molar-refractivity contribution >= 4 is 17.9 Å². The summed E-state index contributed by atoms with van der Waals surface area (Å²) in [5, 5.41) is 0. The first-order valence-electron chi connectivity index (χ1n) is 10.3. The second kappa shape index (κ2) is 9.90. The Balaban J connectivity index is 1.42. The molecule has 0 N–H and O–H groups in total. The molecule has 0 aliphatic carbocycles. The molecule has 2 fully saturated rings. The normalized spacial score (nSPS) is 23.2. The number of rotatable bonds is 10. The number of aryl methyl sites for hydroxylation is 1. The predicted molar refractivity (Wildman–Crippen MR) is 112 cm³/mol. The van der Waals surface area contributed by atoms with Gasteiger partial charge in [-0.25, -0.2) is 14.3 Å². The zero-order valence-corrected chi connectivity index (χ0v) is 17.5. The Morgan fingerprint density at radius 2 is 1.73 bits per heavy atom. The van der Waals surface area contributed by atoms with Gasteiger partial charge >= 0.3 is 0 Å². The zero-order chi connectivity index (χ0) is 18.4. The first-order valence-corrected chi connectivity index (χ1v) is 11.5. The topological polar surface area (TPSA) is 35.5 Å². The SMILES string of the molecule is CCN(C)CCCCCCc1cnc(N2C3CCC2CN(SC)C3)nc1. The molecule has 1 aromatic heterocycles. The lowest BCUT2D eigenvalue weighted by atomic mass is 10.1. The van der Waals surface area contributed by atoms with Crippen LogP contribution in [0.5, 0.6) is 0 Å². The third kappa shape index (κ3) is 5.11. The lowest BCUT2D eigenvalue weighted by molar-refractivity contribution is 0.341. The first-order chi connectivity index (χ1) is 12.7. The van der Waals surface area contributed by atoms with Crippen LogP contribution in [0.25, 0.3) is 0 Å². The maximum Gasteiger partial charge on any atom is 0.225 e. The van der Waals surface area contributed by atoms with Gasteiger partial charge in [0.15, 0.2) is 0 Å². The molecule has 26 heavy (non-hydrogen) atoms. The highest BCUT2D eigenvalue weighted by Gasteiger charge is 2.41. The predicted octanol–water partition coefficient (Wildman–Crippen LogP) is 3.46. The highest BCUT2D eigenvalue weighted by atomic mass is 32.2. The molecule has 0 aromatic carbocycles. The van der Waals surface area contributed by atoms with Crippen molar-refractivity contribution in [1.29, 1.82) is 0 Å². The molecule has 146 valence electrons. The highest BCUT2D eigenvalue weighted by molar-refractivity contribution is 7.96. The average Bonchev–Trinajstić information content (AvgIpc) is 2.94. The summed E-state index contributed by atoms with van der Waals surface area (Å²) in [6, 6.07) is 1.18. The van der Waals surface area contributed by atoms with E-state index in [2.05, 4.69) is 46.7 Å². The Hall–Kier alpha value is -0.850. The summed E-state index contributed by atoms with van der Waals surface area (Å²) < 4.78 is 2.49. The molecule has 0 radical (unpaired) electrons. The quantitative estimate of drug-likeness (QED) is 0.459. The van der Waals surface area contributed by atoms with E-state index in [1.54, 1.807) is 0 Å². The number of nitrogens with zero attached hydrogens (tertiary/aromatic N) is 5. The Morgan fingerprint density at radius 3 is 2.35 bits per heavy atom.